The van der Waals surface area contributed by atoms with Crippen LogP contribution < -0.4 is 5.32 Å². The average Bonchev–Trinajstić information content (AvgIpc) is 2.97. The van der Waals surface area contributed by atoms with Crippen LogP contribution in [0, 0.1) is 0 Å². The number of hydrogen-bond acceptors (Lipinski definition) is 4. The maximum Gasteiger partial charge on any atom is 0.247 e. The highest BCUT2D eigenvalue weighted by atomic mass is 35.5. The minimum Gasteiger partial charge on any atom is -0.350 e. The summed E-state index contributed by atoms with van der Waals surface area (Å²) >= 11 is 6.00. The summed E-state index contributed by atoms with van der Waals surface area (Å²) in [5.41, 5.74) is 3.02. The molecule has 212 valence electrons. The molecule has 9 heteroatoms. The van der Waals surface area contributed by atoms with Crippen LogP contribution in [0.4, 0.5) is 0 Å². The monoisotopic (exact) mass is 589 g/mol. The number of amides is 2. The lowest BCUT2D eigenvalue weighted by molar-refractivity contribution is -0.141. The Morgan fingerprint density at radius 1 is 0.732 bits per heavy atom. The number of rotatable bonds is 12. The van der Waals surface area contributed by atoms with E-state index < -0.39 is 28.5 Å². The molecule has 0 aliphatic rings. The molecule has 0 unspecified atom stereocenters. The van der Waals surface area contributed by atoms with Gasteiger partial charge in [0, 0.05) is 24.7 Å². The third-order valence-electron chi connectivity index (χ3n) is 6.55. The van der Waals surface area contributed by atoms with Crippen LogP contribution in [0.15, 0.2) is 115 Å². The largest absolute Gasteiger partial charge is 0.350 e. The van der Waals surface area contributed by atoms with E-state index in [4.69, 9.17) is 11.6 Å². The van der Waals surface area contributed by atoms with E-state index in [1.807, 2.05) is 66.7 Å². The Hall–Kier alpha value is -3.98. The molecule has 1 atom stereocenters. The van der Waals surface area contributed by atoms with Gasteiger partial charge in [-0.1, -0.05) is 115 Å². The van der Waals surface area contributed by atoms with E-state index in [2.05, 4.69) is 5.32 Å². The average molecular weight is 590 g/mol. The minimum absolute atomic E-state index is 0.0311. The van der Waals surface area contributed by atoms with E-state index in [-0.39, 0.29) is 25.5 Å². The number of nitrogens with zero attached hydrogens (tertiary/aromatic N) is 2. The standard InChI is InChI=1S/C32H32ClN3O4S/c1-41(39,40)35(22-26-11-5-2-6-12-26)24-30(37)36(23-27-13-7-3-8-14-27)31(28-15-9-4-10-16-28)32(38)34-21-25-17-19-29(33)20-18-25/h2-20,31H,21-24H2,1H3,(H,34,38)/t31-/m0/s1. The zero-order chi connectivity index (χ0) is 29.2. The molecule has 0 radical (unpaired) electrons. The number of carbonyl (C=O) groups excluding carboxylic acids is 2. The first-order valence-electron chi connectivity index (χ1n) is 13.1. The van der Waals surface area contributed by atoms with Gasteiger partial charge in [0.05, 0.1) is 12.8 Å². The van der Waals surface area contributed by atoms with Gasteiger partial charge in [-0.3, -0.25) is 9.59 Å². The number of nitrogens with one attached hydrogen (secondary N) is 1. The summed E-state index contributed by atoms with van der Waals surface area (Å²) in [6.07, 6.45) is 1.08. The Labute approximate surface area is 246 Å². The van der Waals surface area contributed by atoms with E-state index in [0.29, 0.717) is 10.6 Å². The van der Waals surface area contributed by atoms with Crippen molar-refractivity contribution >= 4 is 33.4 Å². The van der Waals surface area contributed by atoms with Gasteiger partial charge >= 0.3 is 0 Å². The van der Waals surface area contributed by atoms with Crippen molar-refractivity contribution in [2.45, 2.75) is 25.7 Å². The molecule has 0 spiro atoms. The number of sulfonamides is 1. The highest BCUT2D eigenvalue weighted by molar-refractivity contribution is 7.88. The summed E-state index contributed by atoms with van der Waals surface area (Å²) in [4.78, 5) is 29.3. The summed E-state index contributed by atoms with van der Waals surface area (Å²) < 4.78 is 26.7. The van der Waals surface area contributed by atoms with Gasteiger partial charge in [-0.25, -0.2) is 8.42 Å². The molecule has 0 saturated carbocycles. The van der Waals surface area contributed by atoms with E-state index >= 15 is 0 Å². The van der Waals surface area contributed by atoms with Crippen LogP contribution in [0.1, 0.15) is 28.3 Å². The molecule has 7 nitrogen and oxygen atoms in total. The second kappa shape index (κ2) is 14.1. The molecule has 0 aliphatic carbocycles. The van der Waals surface area contributed by atoms with E-state index in [9.17, 15) is 18.0 Å². The van der Waals surface area contributed by atoms with E-state index in [0.717, 1.165) is 27.3 Å². The van der Waals surface area contributed by atoms with Crippen molar-refractivity contribution in [3.8, 4) is 0 Å². The normalized spacial score (nSPS) is 12.1. The van der Waals surface area contributed by atoms with Crippen molar-refractivity contribution < 1.29 is 18.0 Å². The predicted octanol–water partition coefficient (Wildman–Crippen LogP) is 5.19. The molecule has 2 amide bonds. The molecular weight excluding hydrogens is 558 g/mol. The molecule has 0 heterocycles. The third kappa shape index (κ3) is 8.75. The quantitative estimate of drug-likeness (QED) is 0.246. The van der Waals surface area contributed by atoms with Crippen LogP contribution in [0.25, 0.3) is 0 Å². The van der Waals surface area contributed by atoms with Crippen LogP contribution in [0.3, 0.4) is 0 Å². The molecule has 0 saturated heterocycles. The first-order chi connectivity index (χ1) is 19.7. The Morgan fingerprint density at radius 3 is 1.78 bits per heavy atom. The van der Waals surface area contributed by atoms with Gasteiger partial charge in [0.2, 0.25) is 21.8 Å². The Kier molecular flexibility index (Phi) is 10.3. The molecule has 4 rings (SSSR count). The smallest absolute Gasteiger partial charge is 0.247 e. The number of carbonyl (C=O) groups is 2. The fourth-order valence-electron chi connectivity index (χ4n) is 4.42. The summed E-state index contributed by atoms with van der Waals surface area (Å²) in [7, 11) is -3.75. The molecule has 1 N–H and O–H groups in total. The van der Waals surface area contributed by atoms with Crippen LogP contribution in [-0.2, 0) is 39.2 Å². The van der Waals surface area contributed by atoms with Gasteiger partial charge in [0.25, 0.3) is 0 Å². The van der Waals surface area contributed by atoms with Gasteiger partial charge < -0.3 is 10.2 Å². The molecule has 4 aromatic carbocycles. The maximum atomic E-state index is 14.1. The topological polar surface area (TPSA) is 86.8 Å². The van der Waals surface area contributed by atoms with Crippen molar-refractivity contribution in [2.24, 2.45) is 0 Å². The summed E-state index contributed by atoms with van der Waals surface area (Å²) in [5.74, 6) is -0.880. The lowest BCUT2D eigenvalue weighted by Crippen LogP contribution is -2.47. The first-order valence-corrected chi connectivity index (χ1v) is 15.3. The highest BCUT2D eigenvalue weighted by Gasteiger charge is 2.33. The lowest BCUT2D eigenvalue weighted by Gasteiger charge is -2.33. The summed E-state index contributed by atoms with van der Waals surface area (Å²) in [5, 5.41) is 3.54. The molecule has 0 bridgehead atoms. The molecule has 0 fully saturated rings. The Bertz CT molecular complexity index is 1530. The van der Waals surface area contributed by atoms with Crippen molar-refractivity contribution in [3.05, 3.63) is 143 Å². The number of halogens is 1. The zero-order valence-electron chi connectivity index (χ0n) is 22.7. The second-order valence-corrected chi connectivity index (χ2v) is 12.1. The molecule has 0 aliphatic heterocycles. The maximum absolute atomic E-state index is 14.1. The van der Waals surface area contributed by atoms with Crippen LogP contribution in [0.5, 0.6) is 0 Å². The fraction of sp³-hybridized carbons (Fsp3) is 0.188. The lowest BCUT2D eigenvalue weighted by atomic mass is 10.0. The van der Waals surface area contributed by atoms with E-state index in [1.54, 1.807) is 48.5 Å². The van der Waals surface area contributed by atoms with E-state index in [1.165, 1.54) is 4.90 Å². The second-order valence-electron chi connectivity index (χ2n) is 9.68. The van der Waals surface area contributed by atoms with Crippen LogP contribution >= 0.6 is 11.6 Å². The zero-order valence-corrected chi connectivity index (χ0v) is 24.3. The summed E-state index contributed by atoms with van der Waals surface area (Å²) in [6.45, 7) is -0.0512. The van der Waals surface area contributed by atoms with Crippen LogP contribution in [-0.4, -0.2) is 42.2 Å². The van der Waals surface area contributed by atoms with Crippen molar-refractivity contribution in [3.63, 3.8) is 0 Å². The predicted molar refractivity (Wildman–Crippen MR) is 161 cm³/mol. The van der Waals surface area contributed by atoms with Gasteiger partial charge in [-0.05, 0) is 34.4 Å². The molecule has 41 heavy (non-hydrogen) atoms. The number of benzene rings is 4. The Balaban J connectivity index is 1.67. The van der Waals surface area contributed by atoms with Gasteiger partial charge in [-0.2, -0.15) is 4.31 Å². The highest BCUT2D eigenvalue weighted by Crippen LogP contribution is 2.25. The first kappa shape index (κ1) is 30.0. The third-order valence-corrected chi connectivity index (χ3v) is 8.00. The Morgan fingerprint density at radius 2 is 1.24 bits per heavy atom. The summed E-state index contributed by atoms with van der Waals surface area (Å²) in [6, 6.07) is 33.5. The van der Waals surface area contributed by atoms with Gasteiger partial charge in [-0.15, -0.1) is 0 Å². The van der Waals surface area contributed by atoms with Crippen molar-refractivity contribution in [1.82, 2.24) is 14.5 Å². The van der Waals surface area contributed by atoms with Gasteiger partial charge in [0.15, 0.2) is 0 Å². The minimum atomic E-state index is -3.75. The fourth-order valence-corrected chi connectivity index (χ4v) is 5.27. The molecular formula is C32H32ClN3O4S. The van der Waals surface area contributed by atoms with Crippen LogP contribution in [0.2, 0.25) is 5.02 Å². The van der Waals surface area contributed by atoms with Crippen molar-refractivity contribution in [1.29, 1.82) is 0 Å². The van der Waals surface area contributed by atoms with Gasteiger partial charge in [0.1, 0.15) is 6.04 Å². The van der Waals surface area contributed by atoms with Crippen molar-refractivity contribution in [2.75, 3.05) is 12.8 Å². The molecule has 0 aromatic heterocycles. The molecule has 4 aromatic rings. The SMILES string of the molecule is CS(=O)(=O)N(CC(=O)N(Cc1ccccc1)[C@H](C(=O)NCc1ccc(Cl)cc1)c1ccccc1)Cc1ccccc1. The number of hydrogen-bond donors (Lipinski definition) is 1.